The van der Waals surface area contributed by atoms with Crippen LogP contribution in [0.15, 0.2) is 83.7 Å². The highest BCUT2D eigenvalue weighted by atomic mass is 16.5. The van der Waals surface area contributed by atoms with E-state index in [1.165, 1.54) is 5.56 Å². The SMILES string of the molecule is C[C@@]1(COC(=O)c2ccccc2)CCC[C@]2(C)[C@@H]1CC[C@H](COC(=O)c1ccccc1)[C@@H]2CCc1ccoc1. The molecule has 5 atom stereocenters. The quantitative estimate of drug-likeness (QED) is 0.266. The van der Waals surface area contributed by atoms with Crippen LogP contribution in [0.25, 0.3) is 0 Å². The van der Waals surface area contributed by atoms with Crippen molar-refractivity contribution in [3.05, 3.63) is 95.9 Å². The van der Waals surface area contributed by atoms with Gasteiger partial charge in [-0.1, -0.05) is 56.7 Å². The van der Waals surface area contributed by atoms with Gasteiger partial charge in [0.1, 0.15) is 0 Å². The van der Waals surface area contributed by atoms with E-state index in [1.807, 2.05) is 60.9 Å². The fourth-order valence-corrected chi connectivity index (χ4v) is 7.68. The lowest BCUT2D eigenvalue weighted by atomic mass is 9.45. The maximum atomic E-state index is 12.8. The molecule has 0 unspecified atom stereocenters. The summed E-state index contributed by atoms with van der Waals surface area (Å²) in [4.78, 5) is 25.6. The third-order valence-electron chi connectivity index (χ3n) is 9.65. The van der Waals surface area contributed by atoms with Crippen molar-refractivity contribution in [3.63, 3.8) is 0 Å². The van der Waals surface area contributed by atoms with Crippen molar-refractivity contribution in [2.75, 3.05) is 13.2 Å². The Balaban J connectivity index is 1.33. The van der Waals surface area contributed by atoms with Gasteiger partial charge in [-0.05, 0) is 97.6 Å². The van der Waals surface area contributed by atoms with E-state index in [-0.39, 0.29) is 22.8 Å². The van der Waals surface area contributed by atoms with Gasteiger partial charge in [0.25, 0.3) is 0 Å². The van der Waals surface area contributed by atoms with Crippen LogP contribution in [0.5, 0.6) is 0 Å². The van der Waals surface area contributed by atoms with E-state index in [0.717, 1.165) is 44.9 Å². The summed E-state index contributed by atoms with van der Waals surface area (Å²) in [6, 6.07) is 20.5. The summed E-state index contributed by atoms with van der Waals surface area (Å²) in [6.45, 7) is 5.63. The normalized spacial score (nSPS) is 28.3. The van der Waals surface area contributed by atoms with Gasteiger partial charge in [0.05, 0.1) is 36.9 Å². The molecular formula is C34H40O5. The van der Waals surface area contributed by atoms with Crippen LogP contribution in [0, 0.1) is 28.6 Å². The molecule has 39 heavy (non-hydrogen) atoms. The van der Waals surface area contributed by atoms with E-state index in [9.17, 15) is 9.59 Å². The minimum absolute atomic E-state index is 0.0674. The topological polar surface area (TPSA) is 65.7 Å². The molecule has 1 aromatic heterocycles. The summed E-state index contributed by atoms with van der Waals surface area (Å²) < 4.78 is 17.2. The Morgan fingerprint density at radius 2 is 1.54 bits per heavy atom. The zero-order chi connectivity index (χ0) is 27.3. The second-order valence-electron chi connectivity index (χ2n) is 12.1. The number of hydrogen-bond donors (Lipinski definition) is 0. The van der Waals surface area contributed by atoms with Gasteiger partial charge < -0.3 is 13.9 Å². The molecule has 0 spiro atoms. The number of carbonyl (C=O) groups excluding carboxylic acids is 2. The first-order chi connectivity index (χ1) is 18.9. The van der Waals surface area contributed by atoms with Gasteiger partial charge in [0.15, 0.2) is 0 Å². The summed E-state index contributed by atoms with van der Waals surface area (Å²) in [6.07, 6.45) is 10.9. The van der Waals surface area contributed by atoms with E-state index in [2.05, 4.69) is 13.8 Å². The maximum absolute atomic E-state index is 12.8. The Morgan fingerprint density at radius 3 is 2.18 bits per heavy atom. The standard InChI is InChI=1S/C34H40O5/c1-33(24-39-32(36)27-12-7-4-8-13-27)19-9-20-34(2)29(16-14-25-18-21-37-22-25)28(15-17-30(33)34)23-38-31(35)26-10-5-3-6-11-26/h3-8,10-13,18,21-22,28-30H,9,14-17,19-20,23-24H2,1-2H3/t28-,29+,30-,33+,34+/m1/s1. The van der Waals surface area contributed by atoms with E-state index in [1.54, 1.807) is 18.4 Å². The first-order valence-electron chi connectivity index (χ1n) is 14.3. The van der Waals surface area contributed by atoms with Crippen molar-refractivity contribution in [3.8, 4) is 0 Å². The van der Waals surface area contributed by atoms with Crippen LogP contribution in [0.1, 0.15) is 78.7 Å². The highest BCUT2D eigenvalue weighted by molar-refractivity contribution is 5.89. The molecule has 0 radical (unpaired) electrons. The number of ether oxygens (including phenoxy) is 2. The van der Waals surface area contributed by atoms with Crippen molar-refractivity contribution < 1.29 is 23.5 Å². The number of fused-ring (bicyclic) bond motifs is 1. The third kappa shape index (κ3) is 5.98. The van der Waals surface area contributed by atoms with Gasteiger partial charge in [-0.2, -0.15) is 0 Å². The molecule has 2 aliphatic carbocycles. The van der Waals surface area contributed by atoms with Crippen molar-refractivity contribution in [2.45, 2.75) is 58.8 Å². The zero-order valence-electron chi connectivity index (χ0n) is 23.1. The van der Waals surface area contributed by atoms with Crippen molar-refractivity contribution in [1.82, 2.24) is 0 Å². The molecule has 2 aliphatic rings. The van der Waals surface area contributed by atoms with Crippen LogP contribution in [0.2, 0.25) is 0 Å². The number of carbonyl (C=O) groups is 2. The van der Waals surface area contributed by atoms with Gasteiger partial charge in [-0.3, -0.25) is 0 Å². The Morgan fingerprint density at radius 1 is 0.872 bits per heavy atom. The molecule has 5 heteroatoms. The monoisotopic (exact) mass is 528 g/mol. The smallest absolute Gasteiger partial charge is 0.338 e. The van der Waals surface area contributed by atoms with Gasteiger partial charge in [-0.15, -0.1) is 0 Å². The number of furan rings is 1. The second-order valence-corrected chi connectivity index (χ2v) is 12.1. The van der Waals surface area contributed by atoms with E-state index in [0.29, 0.717) is 42.1 Å². The summed E-state index contributed by atoms with van der Waals surface area (Å²) in [5.41, 5.74) is 2.38. The zero-order valence-corrected chi connectivity index (χ0v) is 23.1. The lowest BCUT2D eigenvalue weighted by Gasteiger charge is -2.60. The van der Waals surface area contributed by atoms with E-state index >= 15 is 0 Å². The predicted molar refractivity (Wildman–Crippen MR) is 150 cm³/mol. The summed E-state index contributed by atoms with van der Waals surface area (Å²) in [5.74, 6) is 0.608. The molecule has 5 rings (SSSR count). The maximum Gasteiger partial charge on any atom is 0.338 e. The number of benzene rings is 2. The Kier molecular flexibility index (Phi) is 8.25. The molecular weight excluding hydrogens is 488 g/mol. The number of aryl methyl sites for hydroxylation is 1. The largest absolute Gasteiger partial charge is 0.472 e. The molecule has 0 amide bonds. The van der Waals surface area contributed by atoms with Gasteiger partial charge in [0.2, 0.25) is 0 Å². The number of esters is 2. The van der Waals surface area contributed by atoms with Crippen LogP contribution in [-0.4, -0.2) is 25.2 Å². The molecule has 0 aliphatic heterocycles. The molecule has 0 bridgehead atoms. The number of hydrogen-bond acceptors (Lipinski definition) is 5. The molecule has 206 valence electrons. The highest BCUT2D eigenvalue weighted by Crippen LogP contribution is 2.62. The van der Waals surface area contributed by atoms with Crippen LogP contribution in [0.3, 0.4) is 0 Å². The second kappa shape index (κ2) is 11.8. The Bertz CT molecular complexity index is 1220. The molecule has 2 saturated carbocycles. The van der Waals surface area contributed by atoms with Gasteiger partial charge in [0, 0.05) is 5.41 Å². The van der Waals surface area contributed by atoms with E-state index in [4.69, 9.17) is 13.9 Å². The van der Waals surface area contributed by atoms with Crippen LogP contribution >= 0.6 is 0 Å². The average Bonchev–Trinajstić information content (AvgIpc) is 3.48. The minimum Gasteiger partial charge on any atom is -0.472 e. The fraction of sp³-hybridized carbons (Fsp3) is 0.471. The Hall–Kier alpha value is -3.34. The molecule has 2 aromatic carbocycles. The van der Waals surface area contributed by atoms with Crippen molar-refractivity contribution in [1.29, 1.82) is 0 Å². The van der Waals surface area contributed by atoms with Gasteiger partial charge >= 0.3 is 11.9 Å². The molecule has 1 heterocycles. The van der Waals surface area contributed by atoms with Crippen LogP contribution < -0.4 is 0 Å². The first kappa shape index (κ1) is 27.2. The summed E-state index contributed by atoms with van der Waals surface area (Å²) in [7, 11) is 0. The molecule has 3 aromatic rings. The van der Waals surface area contributed by atoms with Crippen LogP contribution in [0.4, 0.5) is 0 Å². The highest BCUT2D eigenvalue weighted by Gasteiger charge is 2.56. The Labute approximate surface area is 231 Å². The van der Waals surface area contributed by atoms with Crippen molar-refractivity contribution in [2.24, 2.45) is 28.6 Å². The fourth-order valence-electron chi connectivity index (χ4n) is 7.68. The predicted octanol–water partition coefficient (Wildman–Crippen LogP) is 7.77. The molecule has 0 N–H and O–H groups in total. The van der Waals surface area contributed by atoms with Gasteiger partial charge in [-0.25, -0.2) is 9.59 Å². The molecule has 0 saturated heterocycles. The summed E-state index contributed by atoms with van der Waals surface area (Å²) in [5, 5.41) is 0. The first-order valence-corrected chi connectivity index (χ1v) is 14.3. The lowest BCUT2D eigenvalue weighted by Crippen LogP contribution is -2.54. The van der Waals surface area contributed by atoms with Crippen molar-refractivity contribution >= 4 is 11.9 Å². The van der Waals surface area contributed by atoms with E-state index < -0.39 is 0 Å². The average molecular weight is 529 g/mol. The minimum atomic E-state index is -0.252. The molecule has 2 fully saturated rings. The number of rotatable bonds is 9. The summed E-state index contributed by atoms with van der Waals surface area (Å²) >= 11 is 0. The van der Waals surface area contributed by atoms with Crippen LogP contribution in [-0.2, 0) is 15.9 Å². The molecule has 5 nitrogen and oxygen atoms in total. The third-order valence-corrected chi connectivity index (χ3v) is 9.65. The lowest BCUT2D eigenvalue weighted by molar-refractivity contribution is -0.130.